The molecule has 1 saturated heterocycles. The van der Waals surface area contributed by atoms with Crippen molar-refractivity contribution in [2.24, 2.45) is 0 Å². The normalized spacial score (nSPS) is 15.4. The highest BCUT2D eigenvalue weighted by Gasteiger charge is 2.25. The van der Waals surface area contributed by atoms with Crippen molar-refractivity contribution in [2.75, 3.05) is 18.4 Å². The first-order valence-electron chi connectivity index (χ1n) is 9.05. The van der Waals surface area contributed by atoms with Crippen molar-refractivity contribution in [1.82, 2.24) is 9.62 Å². The number of likely N-dealkylation sites (tertiary alicyclic amines) is 1. The van der Waals surface area contributed by atoms with Gasteiger partial charge < -0.3 is 10.2 Å². The van der Waals surface area contributed by atoms with Crippen LogP contribution >= 0.6 is 11.3 Å². The lowest BCUT2D eigenvalue weighted by molar-refractivity contribution is -0.117. The minimum Gasteiger partial charge on any atom is -0.339 e. The average Bonchev–Trinajstić information content (AvgIpc) is 3.36. The van der Waals surface area contributed by atoms with Crippen LogP contribution in [0.5, 0.6) is 0 Å². The summed E-state index contributed by atoms with van der Waals surface area (Å²) in [6.45, 7) is 4.75. The van der Waals surface area contributed by atoms with E-state index in [0.29, 0.717) is 16.8 Å². The van der Waals surface area contributed by atoms with Gasteiger partial charge in [0.1, 0.15) is 4.21 Å². The van der Waals surface area contributed by atoms with Crippen LogP contribution in [0.2, 0.25) is 0 Å². The summed E-state index contributed by atoms with van der Waals surface area (Å²) < 4.78 is 27.1. The molecule has 1 aromatic heterocycles. The third-order valence-electron chi connectivity index (χ3n) is 4.70. The quantitative estimate of drug-likeness (QED) is 0.749. The first kappa shape index (κ1) is 20.5. The zero-order chi connectivity index (χ0) is 20.3. The maximum Gasteiger partial charge on any atom is 0.254 e. The summed E-state index contributed by atoms with van der Waals surface area (Å²) in [4.78, 5) is 27.0. The van der Waals surface area contributed by atoms with Crippen LogP contribution in [0.3, 0.4) is 0 Å². The Kier molecular flexibility index (Phi) is 6.17. The molecule has 0 bridgehead atoms. The van der Waals surface area contributed by atoms with Gasteiger partial charge >= 0.3 is 0 Å². The average molecular weight is 422 g/mol. The molecule has 0 saturated carbocycles. The van der Waals surface area contributed by atoms with Crippen LogP contribution in [0.15, 0.2) is 39.9 Å². The molecule has 2 aromatic rings. The fraction of sp³-hybridized carbons (Fsp3) is 0.368. The van der Waals surface area contributed by atoms with Gasteiger partial charge in [0.05, 0.1) is 6.04 Å². The molecular weight excluding hydrogens is 398 g/mol. The van der Waals surface area contributed by atoms with Crippen LogP contribution in [0.4, 0.5) is 5.69 Å². The monoisotopic (exact) mass is 421 g/mol. The highest BCUT2D eigenvalue weighted by atomic mass is 32.2. The van der Waals surface area contributed by atoms with Gasteiger partial charge in [-0.1, -0.05) is 12.1 Å². The van der Waals surface area contributed by atoms with E-state index in [-0.39, 0.29) is 10.1 Å². The van der Waals surface area contributed by atoms with Gasteiger partial charge in [0.25, 0.3) is 15.9 Å². The molecule has 1 aliphatic rings. The summed E-state index contributed by atoms with van der Waals surface area (Å²) in [7, 11) is -3.75. The number of nitrogens with zero attached hydrogens (tertiary/aromatic N) is 1. The Labute approximate surface area is 168 Å². The summed E-state index contributed by atoms with van der Waals surface area (Å²) >= 11 is 1.08. The second-order valence-corrected chi connectivity index (χ2v) is 9.63. The number of benzene rings is 1. The highest BCUT2D eigenvalue weighted by Crippen LogP contribution is 2.23. The van der Waals surface area contributed by atoms with E-state index in [4.69, 9.17) is 0 Å². The molecule has 2 N–H and O–H groups in total. The molecule has 28 heavy (non-hydrogen) atoms. The predicted molar refractivity (Wildman–Crippen MR) is 109 cm³/mol. The van der Waals surface area contributed by atoms with Gasteiger partial charge in [0, 0.05) is 24.3 Å². The number of anilines is 1. The molecular formula is C19H23N3O4S2. The Morgan fingerprint density at radius 3 is 2.50 bits per heavy atom. The number of thiophene rings is 1. The lowest BCUT2D eigenvalue weighted by atomic mass is 10.1. The molecule has 0 radical (unpaired) electrons. The summed E-state index contributed by atoms with van der Waals surface area (Å²) in [5.41, 5.74) is 1.71. The number of hydrogen-bond acceptors (Lipinski definition) is 5. The lowest BCUT2D eigenvalue weighted by Crippen LogP contribution is -2.41. The third-order valence-corrected chi connectivity index (χ3v) is 7.64. The Bertz CT molecular complexity index is 965. The van der Waals surface area contributed by atoms with Gasteiger partial charge in [-0.15, -0.1) is 11.3 Å². The minimum absolute atomic E-state index is 0.0439. The topological polar surface area (TPSA) is 95.6 Å². The van der Waals surface area contributed by atoms with E-state index in [9.17, 15) is 18.0 Å². The maximum absolute atomic E-state index is 12.7. The molecule has 1 aromatic carbocycles. The van der Waals surface area contributed by atoms with Crippen molar-refractivity contribution in [1.29, 1.82) is 0 Å². The molecule has 0 aliphatic carbocycles. The van der Waals surface area contributed by atoms with Gasteiger partial charge in [-0.3, -0.25) is 9.59 Å². The Morgan fingerprint density at radius 2 is 1.86 bits per heavy atom. The molecule has 2 heterocycles. The Morgan fingerprint density at radius 1 is 1.14 bits per heavy atom. The van der Waals surface area contributed by atoms with Crippen LogP contribution in [0.25, 0.3) is 0 Å². The molecule has 1 unspecified atom stereocenters. The largest absolute Gasteiger partial charge is 0.339 e. The zero-order valence-electron chi connectivity index (χ0n) is 15.8. The molecule has 1 atom stereocenters. The fourth-order valence-corrected chi connectivity index (χ4v) is 5.31. The molecule has 7 nitrogen and oxygen atoms in total. The van der Waals surface area contributed by atoms with E-state index in [0.717, 1.165) is 37.3 Å². The van der Waals surface area contributed by atoms with Gasteiger partial charge in [-0.05, 0) is 55.8 Å². The van der Waals surface area contributed by atoms with Gasteiger partial charge in [-0.2, -0.15) is 4.72 Å². The van der Waals surface area contributed by atoms with Crippen LogP contribution in [0.1, 0.15) is 35.7 Å². The van der Waals surface area contributed by atoms with Crippen molar-refractivity contribution in [2.45, 2.75) is 36.9 Å². The van der Waals surface area contributed by atoms with Crippen molar-refractivity contribution < 1.29 is 18.0 Å². The summed E-state index contributed by atoms with van der Waals surface area (Å²) in [6, 6.07) is 7.31. The van der Waals surface area contributed by atoms with E-state index < -0.39 is 22.0 Å². The number of carbonyl (C=O) groups excluding carboxylic acids is 2. The van der Waals surface area contributed by atoms with Gasteiger partial charge in [0.15, 0.2) is 0 Å². The second kappa shape index (κ2) is 8.42. The van der Waals surface area contributed by atoms with Crippen molar-refractivity contribution >= 4 is 38.9 Å². The molecule has 1 aliphatic heterocycles. The van der Waals surface area contributed by atoms with E-state index in [1.165, 1.54) is 13.0 Å². The van der Waals surface area contributed by atoms with E-state index in [1.54, 1.807) is 36.6 Å². The van der Waals surface area contributed by atoms with E-state index >= 15 is 0 Å². The number of hydrogen-bond donors (Lipinski definition) is 2. The Hall–Kier alpha value is -2.23. The number of rotatable bonds is 6. The molecule has 3 rings (SSSR count). The zero-order valence-corrected chi connectivity index (χ0v) is 17.4. The maximum atomic E-state index is 12.7. The summed E-state index contributed by atoms with van der Waals surface area (Å²) in [5, 5.41) is 4.39. The SMILES string of the molecule is Cc1c(NC(=O)C(C)NS(=O)(=O)c2cccs2)cccc1C(=O)N1CCCC1. The smallest absolute Gasteiger partial charge is 0.254 e. The summed E-state index contributed by atoms with van der Waals surface area (Å²) in [6.07, 6.45) is 2.01. The number of carbonyl (C=O) groups is 2. The second-order valence-electron chi connectivity index (χ2n) is 6.74. The van der Waals surface area contributed by atoms with Crippen molar-refractivity contribution in [3.05, 3.63) is 46.8 Å². The third kappa shape index (κ3) is 4.43. The van der Waals surface area contributed by atoms with Crippen molar-refractivity contribution in [3.63, 3.8) is 0 Å². The van der Waals surface area contributed by atoms with Crippen LogP contribution in [-0.4, -0.2) is 44.3 Å². The van der Waals surface area contributed by atoms with Crippen molar-refractivity contribution in [3.8, 4) is 0 Å². The Balaban J connectivity index is 1.71. The van der Waals surface area contributed by atoms with Gasteiger partial charge in [0.2, 0.25) is 5.91 Å². The number of amides is 2. The molecule has 2 amide bonds. The van der Waals surface area contributed by atoms with Crippen LogP contribution in [-0.2, 0) is 14.8 Å². The lowest BCUT2D eigenvalue weighted by Gasteiger charge is -2.19. The molecule has 0 spiro atoms. The number of sulfonamides is 1. The van der Waals surface area contributed by atoms with E-state index in [1.807, 2.05) is 4.90 Å². The standard InChI is InChI=1S/C19H23N3O4S2/c1-13-15(19(24)22-10-3-4-11-22)7-5-8-16(13)20-18(23)14(2)21-28(25,26)17-9-6-12-27-17/h5-9,12,14,21H,3-4,10-11H2,1-2H3,(H,20,23). The van der Waals surface area contributed by atoms with E-state index in [2.05, 4.69) is 10.0 Å². The van der Waals surface area contributed by atoms with Gasteiger partial charge in [-0.25, -0.2) is 8.42 Å². The fourth-order valence-electron chi connectivity index (χ4n) is 3.10. The summed E-state index contributed by atoms with van der Waals surface area (Å²) in [5.74, 6) is -0.536. The predicted octanol–water partition coefficient (Wildman–Crippen LogP) is 2.60. The number of nitrogens with one attached hydrogen (secondary N) is 2. The molecule has 150 valence electrons. The first-order valence-corrected chi connectivity index (χ1v) is 11.4. The minimum atomic E-state index is -3.75. The van der Waals surface area contributed by atoms with Crippen LogP contribution < -0.4 is 10.0 Å². The molecule has 9 heteroatoms. The first-order chi connectivity index (χ1) is 13.3. The van der Waals surface area contributed by atoms with Crippen LogP contribution in [0, 0.1) is 6.92 Å². The highest BCUT2D eigenvalue weighted by molar-refractivity contribution is 7.91. The molecule has 1 fully saturated rings.